The Morgan fingerprint density at radius 1 is 1.06 bits per heavy atom. The van der Waals surface area contributed by atoms with Gasteiger partial charge in [0.25, 0.3) is 0 Å². The predicted molar refractivity (Wildman–Crippen MR) is 158 cm³/mol. The van der Waals surface area contributed by atoms with Crippen molar-refractivity contribution in [3.63, 3.8) is 0 Å². The van der Waals surface area contributed by atoms with E-state index in [-0.39, 0.29) is 17.8 Å². The summed E-state index contributed by atoms with van der Waals surface area (Å²) in [5.74, 6) is 0.0381. The Labute approximate surface area is 237 Å². The van der Waals surface area contributed by atoms with E-state index < -0.39 is 5.97 Å². The summed E-state index contributed by atoms with van der Waals surface area (Å²) >= 11 is 8.09. The van der Waals surface area contributed by atoms with E-state index in [0.29, 0.717) is 42.3 Å². The number of esters is 1. The van der Waals surface area contributed by atoms with Crippen molar-refractivity contribution in [1.29, 1.82) is 0 Å². The molecule has 0 amide bonds. The Bertz CT molecular complexity index is 1440. The molecule has 0 atom stereocenters. The van der Waals surface area contributed by atoms with Crippen LogP contribution < -0.4 is 5.43 Å². The Kier molecular flexibility index (Phi) is 7.36. The number of fused-ring (bicyclic) bond motifs is 2. The second-order valence-electron chi connectivity index (χ2n) is 6.69. The van der Waals surface area contributed by atoms with Gasteiger partial charge in [0, 0.05) is 16.5 Å². The first kappa shape index (κ1) is 24.2. The normalized spacial score (nSPS) is 11.1. The first-order valence-corrected chi connectivity index (χ1v) is 13.4. The van der Waals surface area contributed by atoms with Crippen LogP contribution >= 0.6 is 90.4 Å². The Balaban J connectivity index is 2.21. The maximum atomic E-state index is 12.9. The minimum absolute atomic E-state index is 0.0950. The van der Waals surface area contributed by atoms with E-state index in [1.54, 1.807) is 18.2 Å². The molecule has 4 rings (SSSR count). The van der Waals surface area contributed by atoms with Gasteiger partial charge in [-0.2, -0.15) is 0 Å². The third-order valence-corrected chi connectivity index (χ3v) is 8.38. The lowest BCUT2D eigenvalue weighted by molar-refractivity contribution is 0.0550. The quantitative estimate of drug-likeness (QED) is 0.103. The molecule has 1 heterocycles. The summed E-state index contributed by atoms with van der Waals surface area (Å²) in [5.41, 5.74) is 2.79. The number of aromatic hydroxyl groups is 1. The topological polar surface area (TPSA) is 76.7 Å². The van der Waals surface area contributed by atoms with E-state index >= 15 is 0 Å². The average Bonchev–Trinajstić information content (AvgIpc) is 2.79. The maximum absolute atomic E-state index is 12.9. The SMILES string of the molecule is C=CCOC(=O)c1ccccc1-c1c2cc(I)c(=O)c(I)c-2oc2c(I)c(O)c(I)cc12. The number of carbonyl (C=O) groups excluding carboxylic acids is 1. The Hall–Kier alpha value is -0.940. The number of ether oxygens (including phenoxy) is 1. The minimum Gasteiger partial charge on any atom is -0.506 e. The standard InChI is InChI=1S/C23H12I4O5/c1-2-7-31-23(30)11-6-4-3-5-10(11)16-12-8-14(24)19(28)17(26)21(12)32-22-13(16)9-15(25)20(29)18(22)27/h2-6,8-9,28H,1,7H2. The highest BCUT2D eigenvalue weighted by Crippen LogP contribution is 2.46. The molecule has 0 spiro atoms. The lowest BCUT2D eigenvalue weighted by atomic mass is 9.91. The van der Waals surface area contributed by atoms with E-state index in [1.165, 1.54) is 6.08 Å². The number of benzene rings is 3. The predicted octanol–water partition coefficient (Wildman–Crippen LogP) is 7.03. The molecule has 5 nitrogen and oxygen atoms in total. The summed E-state index contributed by atoms with van der Waals surface area (Å²) in [6.45, 7) is 3.69. The van der Waals surface area contributed by atoms with Gasteiger partial charge in [0.2, 0.25) is 5.43 Å². The molecule has 0 saturated carbocycles. The number of phenolic OH excluding ortho intramolecular Hbond substituents is 1. The zero-order chi connectivity index (χ0) is 23.2. The van der Waals surface area contributed by atoms with Crippen LogP contribution in [0.5, 0.6) is 5.75 Å². The van der Waals surface area contributed by atoms with E-state index in [0.717, 1.165) is 10.9 Å². The molecule has 2 aromatic carbocycles. The number of carbonyl (C=O) groups is 1. The molecular weight excluding hydrogens is 864 g/mol. The fraction of sp³-hybridized carbons (Fsp3) is 0.0435. The van der Waals surface area contributed by atoms with Crippen LogP contribution in [0.15, 0.2) is 58.3 Å². The second-order valence-corrected chi connectivity index (χ2v) is 11.2. The molecule has 1 N–H and O–H groups in total. The van der Waals surface area contributed by atoms with Crippen molar-refractivity contribution in [2.75, 3.05) is 6.61 Å². The summed E-state index contributed by atoms with van der Waals surface area (Å²) < 4.78 is 13.7. The molecule has 1 aliphatic heterocycles. The Morgan fingerprint density at radius 2 is 1.78 bits per heavy atom. The fourth-order valence-electron chi connectivity index (χ4n) is 3.38. The maximum Gasteiger partial charge on any atom is 0.339 e. The minimum atomic E-state index is -0.476. The van der Waals surface area contributed by atoms with Crippen LogP contribution in [0.2, 0.25) is 0 Å². The van der Waals surface area contributed by atoms with Gasteiger partial charge in [-0.05, 0) is 114 Å². The van der Waals surface area contributed by atoms with Crippen molar-refractivity contribution >= 4 is 107 Å². The lowest BCUT2D eigenvalue weighted by Crippen LogP contribution is -2.13. The molecule has 2 aliphatic rings. The molecule has 0 unspecified atom stereocenters. The third kappa shape index (κ3) is 4.17. The van der Waals surface area contributed by atoms with Gasteiger partial charge in [-0.15, -0.1) is 0 Å². The monoisotopic (exact) mass is 876 g/mol. The molecule has 162 valence electrons. The molecule has 32 heavy (non-hydrogen) atoms. The molecule has 0 fully saturated rings. The number of hydrogen-bond donors (Lipinski definition) is 1. The Morgan fingerprint density at radius 3 is 2.50 bits per heavy atom. The van der Waals surface area contributed by atoms with Crippen LogP contribution in [-0.4, -0.2) is 17.7 Å². The first-order valence-electron chi connectivity index (χ1n) is 9.09. The highest BCUT2D eigenvalue weighted by molar-refractivity contribution is 14.1. The van der Waals surface area contributed by atoms with E-state index in [1.807, 2.05) is 86.0 Å². The smallest absolute Gasteiger partial charge is 0.339 e. The van der Waals surface area contributed by atoms with Crippen molar-refractivity contribution in [3.05, 3.63) is 79.1 Å². The second kappa shape index (κ2) is 9.74. The van der Waals surface area contributed by atoms with Crippen molar-refractivity contribution < 1.29 is 19.1 Å². The zero-order valence-corrected chi connectivity index (χ0v) is 24.7. The number of phenols is 1. The summed E-state index contributed by atoms with van der Waals surface area (Å²) in [5, 5.41) is 11.2. The van der Waals surface area contributed by atoms with Crippen LogP contribution in [-0.2, 0) is 4.74 Å². The molecule has 2 aromatic rings. The number of halogens is 4. The van der Waals surface area contributed by atoms with Crippen LogP contribution in [0, 0.1) is 14.3 Å². The van der Waals surface area contributed by atoms with Gasteiger partial charge in [0.15, 0.2) is 11.3 Å². The van der Waals surface area contributed by atoms with E-state index in [4.69, 9.17) is 9.15 Å². The zero-order valence-electron chi connectivity index (χ0n) is 16.0. The fourth-order valence-corrected chi connectivity index (χ4v) is 6.95. The molecule has 0 radical (unpaired) electrons. The van der Waals surface area contributed by atoms with Crippen molar-refractivity contribution in [3.8, 4) is 28.2 Å². The molecule has 0 aromatic heterocycles. The van der Waals surface area contributed by atoms with Crippen LogP contribution in [0.3, 0.4) is 0 Å². The largest absolute Gasteiger partial charge is 0.506 e. The van der Waals surface area contributed by atoms with Gasteiger partial charge >= 0.3 is 5.97 Å². The molecule has 1 aliphatic carbocycles. The van der Waals surface area contributed by atoms with Gasteiger partial charge in [0.05, 0.1) is 16.3 Å². The number of hydrogen-bond acceptors (Lipinski definition) is 5. The van der Waals surface area contributed by atoms with Gasteiger partial charge in [0.1, 0.15) is 15.9 Å². The highest BCUT2D eigenvalue weighted by Gasteiger charge is 2.27. The van der Waals surface area contributed by atoms with Crippen molar-refractivity contribution in [1.82, 2.24) is 0 Å². The first-order chi connectivity index (χ1) is 15.3. The number of rotatable bonds is 4. The third-order valence-electron chi connectivity index (χ3n) is 4.77. The van der Waals surface area contributed by atoms with E-state index in [2.05, 4.69) is 29.2 Å². The lowest BCUT2D eigenvalue weighted by Gasteiger charge is -2.19. The van der Waals surface area contributed by atoms with Gasteiger partial charge in [-0.3, -0.25) is 4.79 Å². The van der Waals surface area contributed by atoms with Crippen LogP contribution in [0.25, 0.3) is 33.4 Å². The van der Waals surface area contributed by atoms with Gasteiger partial charge < -0.3 is 14.3 Å². The molecule has 0 saturated heterocycles. The molecule has 0 bridgehead atoms. The van der Waals surface area contributed by atoms with Gasteiger partial charge in [-0.1, -0.05) is 30.9 Å². The van der Waals surface area contributed by atoms with Gasteiger partial charge in [-0.25, -0.2) is 4.79 Å². The average molecular weight is 876 g/mol. The van der Waals surface area contributed by atoms with Crippen LogP contribution in [0.4, 0.5) is 0 Å². The van der Waals surface area contributed by atoms with Crippen molar-refractivity contribution in [2.45, 2.75) is 0 Å². The summed E-state index contributed by atoms with van der Waals surface area (Å²) in [6, 6.07) is 10.8. The van der Waals surface area contributed by atoms with Crippen LogP contribution in [0.1, 0.15) is 10.4 Å². The summed E-state index contributed by atoms with van der Waals surface area (Å²) in [4.78, 5) is 25.5. The van der Waals surface area contributed by atoms with E-state index in [9.17, 15) is 14.7 Å². The summed E-state index contributed by atoms with van der Waals surface area (Å²) in [7, 11) is 0. The summed E-state index contributed by atoms with van der Waals surface area (Å²) in [6.07, 6.45) is 1.51. The molecule has 9 heteroatoms. The highest BCUT2D eigenvalue weighted by atomic mass is 127. The molecular formula is C23H12I4O5. The van der Waals surface area contributed by atoms with Crippen molar-refractivity contribution in [2.24, 2.45) is 0 Å².